The molecule has 0 unspecified atom stereocenters. The summed E-state index contributed by atoms with van der Waals surface area (Å²) < 4.78 is 29.3. The normalized spacial score (nSPS) is 11.3. The van der Waals surface area contributed by atoms with Crippen LogP contribution in [0.1, 0.15) is 11.3 Å². The molecule has 0 radical (unpaired) electrons. The van der Waals surface area contributed by atoms with Crippen LogP contribution in [0.2, 0.25) is 0 Å². The summed E-state index contributed by atoms with van der Waals surface area (Å²) in [6.07, 6.45) is 1.18. The summed E-state index contributed by atoms with van der Waals surface area (Å²) >= 11 is 1.47. The number of phenolic OH excluding ortho intramolecular Hbond substituents is 1. The Morgan fingerprint density at radius 2 is 1.93 bits per heavy atom. The molecule has 0 aliphatic rings. The lowest BCUT2D eigenvalue weighted by molar-refractivity contribution is -0.0528. The van der Waals surface area contributed by atoms with Crippen molar-refractivity contribution in [2.75, 3.05) is 0 Å². The molecule has 1 N–H and O–H groups in total. The number of aryl methyl sites for hydroxylation is 2. The Kier molecular flexibility index (Phi) is 4.64. The molecule has 2 aromatic heterocycles. The minimum absolute atomic E-state index is 0.185. The van der Waals surface area contributed by atoms with Crippen molar-refractivity contribution in [1.29, 1.82) is 0 Å². The van der Waals surface area contributed by atoms with Crippen LogP contribution in [0.4, 0.5) is 8.78 Å². The monoisotopic (exact) mass is 399 g/mol. The van der Waals surface area contributed by atoms with Gasteiger partial charge in [-0.25, -0.2) is 15.0 Å². The van der Waals surface area contributed by atoms with E-state index in [1.165, 1.54) is 17.5 Å². The second-order valence-electron chi connectivity index (χ2n) is 6.25. The van der Waals surface area contributed by atoms with Crippen molar-refractivity contribution >= 4 is 22.4 Å². The highest BCUT2D eigenvalue weighted by molar-refractivity contribution is 7.18. The average Bonchev–Trinajstić information content (AvgIpc) is 3.02. The van der Waals surface area contributed by atoms with Gasteiger partial charge in [0.1, 0.15) is 10.8 Å². The quantitative estimate of drug-likeness (QED) is 0.501. The lowest BCUT2D eigenvalue weighted by Gasteiger charge is -2.07. The number of thiazole rings is 1. The summed E-state index contributed by atoms with van der Waals surface area (Å²) in [5.74, 6) is -0.0416. The Balaban J connectivity index is 1.84. The molecule has 0 aliphatic heterocycles. The molecule has 8 heteroatoms. The van der Waals surface area contributed by atoms with Crippen molar-refractivity contribution in [3.8, 4) is 32.6 Å². The highest BCUT2D eigenvalue weighted by Gasteiger charge is 2.17. The molecule has 0 saturated heterocycles. The zero-order chi connectivity index (χ0) is 19.8. The first-order valence-electron chi connectivity index (χ1n) is 8.40. The SMILES string of the molecule is Cc1cc(-c2nc(C)c(-c3cccc(O)c3)s2)c2ncc(OC(F)F)nc2c1. The number of fused-ring (bicyclic) bond motifs is 1. The van der Waals surface area contributed by atoms with E-state index in [0.29, 0.717) is 11.0 Å². The molecule has 142 valence electrons. The zero-order valence-electron chi connectivity index (χ0n) is 15.0. The van der Waals surface area contributed by atoms with E-state index in [1.807, 2.05) is 26.0 Å². The van der Waals surface area contributed by atoms with Crippen molar-refractivity contribution in [2.24, 2.45) is 0 Å². The fraction of sp³-hybridized carbons (Fsp3) is 0.150. The third-order valence-electron chi connectivity index (χ3n) is 4.11. The van der Waals surface area contributed by atoms with Crippen molar-refractivity contribution in [3.63, 3.8) is 0 Å². The minimum atomic E-state index is -2.96. The number of nitrogens with zero attached hydrogens (tertiary/aromatic N) is 3. The first-order chi connectivity index (χ1) is 13.4. The van der Waals surface area contributed by atoms with Gasteiger partial charge in [0.2, 0.25) is 5.88 Å². The largest absolute Gasteiger partial charge is 0.508 e. The van der Waals surface area contributed by atoms with Crippen LogP contribution in [0.3, 0.4) is 0 Å². The molecule has 5 nitrogen and oxygen atoms in total. The number of rotatable bonds is 4. The van der Waals surface area contributed by atoms with Gasteiger partial charge in [-0.05, 0) is 49.2 Å². The summed E-state index contributed by atoms with van der Waals surface area (Å²) in [7, 11) is 0. The van der Waals surface area contributed by atoms with E-state index < -0.39 is 6.61 Å². The summed E-state index contributed by atoms with van der Waals surface area (Å²) in [6, 6.07) is 10.7. The number of phenols is 1. The van der Waals surface area contributed by atoms with Crippen LogP contribution in [0.15, 0.2) is 42.6 Å². The molecule has 0 fully saturated rings. The van der Waals surface area contributed by atoms with Gasteiger partial charge in [0.25, 0.3) is 0 Å². The van der Waals surface area contributed by atoms with Crippen LogP contribution in [-0.2, 0) is 0 Å². The van der Waals surface area contributed by atoms with Gasteiger partial charge in [0.15, 0.2) is 0 Å². The lowest BCUT2D eigenvalue weighted by Crippen LogP contribution is -2.04. The molecule has 2 aromatic carbocycles. The molecule has 2 heterocycles. The lowest BCUT2D eigenvalue weighted by atomic mass is 10.1. The van der Waals surface area contributed by atoms with Gasteiger partial charge in [0.05, 0.1) is 27.8 Å². The average molecular weight is 399 g/mol. The molecule has 0 aliphatic carbocycles. The van der Waals surface area contributed by atoms with E-state index in [2.05, 4.69) is 19.7 Å². The fourth-order valence-corrected chi connectivity index (χ4v) is 4.07. The maximum atomic E-state index is 12.5. The number of ether oxygens (including phenoxy) is 1. The van der Waals surface area contributed by atoms with Crippen molar-refractivity contribution < 1.29 is 18.6 Å². The molecule has 0 atom stereocenters. The van der Waals surface area contributed by atoms with Gasteiger partial charge in [-0.3, -0.25) is 0 Å². The standard InChI is InChI=1S/C20H15F2N3O2S/c1-10-6-14(17-15(7-10)25-16(9-23-17)27-20(21)22)19-24-11(2)18(28-19)12-4-3-5-13(26)8-12/h3-9,20,26H,1-2H3. The van der Waals surface area contributed by atoms with Gasteiger partial charge < -0.3 is 9.84 Å². The molecule has 4 aromatic rings. The number of aromatic hydroxyl groups is 1. The Morgan fingerprint density at radius 3 is 2.68 bits per heavy atom. The Labute approximate surface area is 163 Å². The van der Waals surface area contributed by atoms with Gasteiger partial charge in [-0.1, -0.05) is 12.1 Å². The maximum Gasteiger partial charge on any atom is 0.388 e. The highest BCUT2D eigenvalue weighted by Crippen LogP contribution is 2.38. The molecule has 0 bridgehead atoms. The third kappa shape index (κ3) is 3.50. The van der Waals surface area contributed by atoms with E-state index in [4.69, 9.17) is 0 Å². The van der Waals surface area contributed by atoms with Crippen molar-refractivity contribution in [3.05, 3.63) is 53.9 Å². The molecule has 0 spiro atoms. The second kappa shape index (κ2) is 7.12. The first-order valence-corrected chi connectivity index (χ1v) is 9.22. The van der Waals surface area contributed by atoms with Crippen LogP contribution < -0.4 is 4.74 Å². The number of alkyl halides is 2. The molecule has 28 heavy (non-hydrogen) atoms. The Bertz CT molecular complexity index is 1180. The number of aromatic nitrogens is 3. The molecular weight excluding hydrogens is 384 g/mol. The third-order valence-corrected chi connectivity index (χ3v) is 5.35. The van der Waals surface area contributed by atoms with Gasteiger partial charge in [-0.15, -0.1) is 11.3 Å². The number of benzene rings is 2. The van der Waals surface area contributed by atoms with Gasteiger partial charge >= 0.3 is 6.61 Å². The van der Waals surface area contributed by atoms with Crippen LogP contribution in [-0.4, -0.2) is 26.7 Å². The van der Waals surface area contributed by atoms with Crippen molar-refractivity contribution in [2.45, 2.75) is 20.5 Å². The maximum absolute atomic E-state index is 12.5. The van der Waals surface area contributed by atoms with Crippen LogP contribution in [0.25, 0.3) is 32.0 Å². The highest BCUT2D eigenvalue weighted by atomic mass is 32.1. The van der Waals surface area contributed by atoms with Gasteiger partial charge in [0, 0.05) is 5.56 Å². The fourth-order valence-electron chi connectivity index (χ4n) is 2.99. The summed E-state index contributed by atoms with van der Waals surface area (Å²) in [5.41, 5.74) is 4.38. The van der Waals surface area contributed by atoms with E-state index >= 15 is 0 Å². The molecular formula is C20H15F2N3O2S. The molecule has 0 saturated carbocycles. The predicted octanol–water partition coefficient (Wildman–Crippen LogP) is 5.34. The molecule has 4 rings (SSSR count). The number of hydrogen-bond acceptors (Lipinski definition) is 6. The van der Waals surface area contributed by atoms with Crippen molar-refractivity contribution in [1.82, 2.24) is 15.0 Å². The summed E-state index contributed by atoms with van der Waals surface area (Å²) in [6.45, 7) is 0.835. The summed E-state index contributed by atoms with van der Waals surface area (Å²) in [4.78, 5) is 14.0. The first kappa shape index (κ1) is 18.2. The number of halogens is 2. The van der Waals surface area contributed by atoms with E-state index in [1.54, 1.807) is 24.3 Å². The Hall–Kier alpha value is -3.13. The Morgan fingerprint density at radius 1 is 1.11 bits per heavy atom. The predicted molar refractivity (Wildman–Crippen MR) is 104 cm³/mol. The van der Waals surface area contributed by atoms with Crippen LogP contribution >= 0.6 is 11.3 Å². The van der Waals surface area contributed by atoms with Crippen LogP contribution in [0, 0.1) is 13.8 Å². The smallest absolute Gasteiger partial charge is 0.388 e. The van der Waals surface area contributed by atoms with E-state index in [-0.39, 0.29) is 11.6 Å². The minimum Gasteiger partial charge on any atom is -0.508 e. The van der Waals surface area contributed by atoms with Crippen LogP contribution in [0.5, 0.6) is 11.6 Å². The molecule has 0 amide bonds. The topological polar surface area (TPSA) is 68.1 Å². The summed E-state index contributed by atoms with van der Waals surface area (Å²) in [5, 5.41) is 10.5. The zero-order valence-corrected chi connectivity index (χ0v) is 15.8. The van der Waals surface area contributed by atoms with E-state index in [0.717, 1.165) is 32.3 Å². The number of hydrogen-bond donors (Lipinski definition) is 1. The van der Waals surface area contributed by atoms with Gasteiger partial charge in [-0.2, -0.15) is 8.78 Å². The van der Waals surface area contributed by atoms with E-state index in [9.17, 15) is 13.9 Å². The second-order valence-corrected chi connectivity index (χ2v) is 7.25.